The van der Waals surface area contributed by atoms with Gasteiger partial charge in [0.05, 0.1) is 6.61 Å². The molecule has 0 amide bonds. The molecule has 0 aliphatic heterocycles. The van der Waals surface area contributed by atoms with E-state index in [1.165, 1.54) is 0 Å². The topological polar surface area (TPSA) is 61.8 Å². The van der Waals surface area contributed by atoms with Gasteiger partial charge in [0.15, 0.2) is 8.32 Å². The second-order valence-corrected chi connectivity index (χ2v) is 15.1. The Balaban J connectivity index is 4.69. The minimum absolute atomic E-state index is 0.233. The molecule has 1 unspecified atom stereocenters. The minimum Gasteiger partial charge on any atom is -0.463 e. The summed E-state index contributed by atoms with van der Waals surface area (Å²) in [5.41, 5.74) is -0.233. The Hall–Kier alpha value is -0.926. The summed E-state index contributed by atoms with van der Waals surface area (Å²) >= 11 is 0. The van der Waals surface area contributed by atoms with E-state index in [-0.39, 0.29) is 12.3 Å². The maximum absolute atomic E-state index is 11.8. The van der Waals surface area contributed by atoms with Crippen LogP contribution in [0, 0.1) is 0 Å². The van der Waals surface area contributed by atoms with E-state index in [1.807, 2.05) is 6.92 Å². The molecule has 0 aromatic rings. The second kappa shape index (κ2) is 8.50. The standard InChI is InChI=1S/C14H28O5Si2/c1-8-14(21(6,7)19-20(3,4)5)18-13(16)11-10-12(15)17-9-2/h10-11,14H,8-9H2,1-7H3. The van der Waals surface area contributed by atoms with Gasteiger partial charge in [-0.3, -0.25) is 0 Å². The number of hydrogen-bond acceptors (Lipinski definition) is 5. The zero-order valence-electron chi connectivity index (χ0n) is 14.2. The molecular weight excluding hydrogens is 304 g/mol. The molecule has 0 bridgehead atoms. The van der Waals surface area contributed by atoms with Crippen molar-refractivity contribution in [3.63, 3.8) is 0 Å². The van der Waals surface area contributed by atoms with Gasteiger partial charge in [-0.2, -0.15) is 0 Å². The highest BCUT2D eigenvalue weighted by Crippen LogP contribution is 2.22. The molecule has 0 fully saturated rings. The fraction of sp³-hybridized carbons (Fsp3) is 0.714. The molecule has 0 N–H and O–H groups in total. The third kappa shape index (κ3) is 8.84. The molecule has 0 aliphatic rings. The maximum Gasteiger partial charge on any atom is 0.331 e. The van der Waals surface area contributed by atoms with Crippen molar-refractivity contribution in [3.8, 4) is 0 Å². The molecule has 0 aliphatic carbocycles. The van der Waals surface area contributed by atoms with Gasteiger partial charge in [-0.25, -0.2) is 9.59 Å². The Morgan fingerprint density at radius 2 is 1.52 bits per heavy atom. The van der Waals surface area contributed by atoms with Crippen LogP contribution in [0.15, 0.2) is 12.2 Å². The first-order valence-corrected chi connectivity index (χ1v) is 13.7. The molecule has 21 heavy (non-hydrogen) atoms. The van der Waals surface area contributed by atoms with Crippen molar-refractivity contribution in [2.45, 2.75) is 58.7 Å². The van der Waals surface area contributed by atoms with Crippen LogP contribution in [0.1, 0.15) is 20.3 Å². The predicted molar refractivity (Wildman–Crippen MR) is 87.9 cm³/mol. The van der Waals surface area contributed by atoms with E-state index in [0.29, 0.717) is 6.42 Å². The number of esters is 2. The molecule has 122 valence electrons. The molecule has 0 saturated carbocycles. The molecule has 1 atom stereocenters. The Morgan fingerprint density at radius 3 is 1.95 bits per heavy atom. The Kier molecular flexibility index (Phi) is 8.13. The molecule has 0 aromatic carbocycles. The third-order valence-electron chi connectivity index (χ3n) is 2.62. The minimum atomic E-state index is -2.13. The van der Waals surface area contributed by atoms with Gasteiger partial charge < -0.3 is 13.6 Å². The Bertz CT molecular complexity index is 385. The molecule has 0 heterocycles. The molecule has 0 saturated heterocycles. The second-order valence-electron chi connectivity index (χ2n) is 6.24. The molecule has 5 nitrogen and oxygen atoms in total. The van der Waals surface area contributed by atoms with Crippen LogP contribution in [0.5, 0.6) is 0 Å². The predicted octanol–water partition coefficient (Wildman–Crippen LogP) is 3.02. The van der Waals surface area contributed by atoms with E-state index >= 15 is 0 Å². The number of rotatable bonds is 8. The van der Waals surface area contributed by atoms with Gasteiger partial charge in [-0.05, 0) is 46.1 Å². The highest BCUT2D eigenvalue weighted by Gasteiger charge is 2.39. The van der Waals surface area contributed by atoms with E-state index in [4.69, 9.17) is 13.6 Å². The Morgan fingerprint density at radius 1 is 1.00 bits per heavy atom. The van der Waals surface area contributed by atoms with Gasteiger partial charge >= 0.3 is 11.9 Å². The summed E-state index contributed by atoms with van der Waals surface area (Å²) < 4.78 is 16.4. The van der Waals surface area contributed by atoms with E-state index in [2.05, 4.69) is 32.7 Å². The average molecular weight is 333 g/mol. The van der Waals surface area contributed by atoms with Crippen LogP contribution >= 0.6 is 0 Å². The average Bonchev–Trinajstić information content (AvgIpc) is 2.30. The molecule has 7 heteroatoms. The molecule has 0 spiro atoms. The van der Waals surface area contributed by atoms with Crippen molar-refractivity contribution in [2.24, 2.45) is 0 Å². The molecule has 0 radical (unpaired) electrons. The monoisotopic (exact) mass is 332 g/mol. The van der Waals surface area contributed by atoms with Gasteiger partial charge in [0, 0.05) is 12.2 Å². The summed E-state index contributed by atoms with van der Waals surface area (Å²) in [6.45, 7) is 14.4. The van der Waals surface area contributed by atoms with Crippen LogP contribution in [-0.2, 0) is 23.2 Å². The van der Waals surface area contributed by atoms with Crippen molar-refractivity contribution in [1.29, 1.82) is 0 Å². The first-order chi connectivity index (χ1) is 9.51. The highest BCUT2D eigenvalue weighted by molar-refractivity contribution is 6.84. The van der Waals surface area contributed by atoms with Gasteiger partial charge in [0.25, 0.3) is 0 Å². The van der Waals surface area contributed by atoms with Crippen molar-refractivity contribution in [2.75, 3.05) is 6.61 Å². The lowest BCUT2D eigenvalue weighted by atomic mass is 10.5. The lowest BCUT2D eigenvalue weighted by Crippen LogP contribution is -2.52. The largest absolute Gasteiger partial charge is 0.463 e. The zero-order chi connectivity index (χ0) is 16.7. The highest BCUT2D eigenvalue weighted by atomic mass is 28.4. The summed E-state index contributed by atoms with van der Waals surface area (Å²) in [6.07, 6.45) is 2.90. The first kappa shape index (κ1) is 20.1. The van der Waals surface area contributed by atoms with Crippen LogP contribution in [0.4, 0.5) is 0 Å². The third-order valence-corrected chi connectivity index (χ3v) is 9.25. The lowest BCUT2D eigenvalue weighted by Gasteiger charge is -2.36. The van der Waals surface area contributed by atoms with E-state index in [0.717, 1.165) is 12.2 Å². The van der Waals surface area contributed by atoms with Crippen LogP contribution in [0.2, 0.25) is 32.7 Å². The van der Waals surface area contributed by atoms with Crippen LogP contribution in [0.3, 0.4) is 0 Å². The van der Waals surface area contributed by atoms with E-state index in [1.54, 1.807) is 6.92 Å². The maximum atomic E-state index is 11.8. The molecule has 0 rings (SSSR count). The molecular formula is C14H28O5Si2. The number of carbonyl (C=O) groups excluding carboxylic acids is 2. The first-order valence-electron chi connectivity index (χ1n) is 7.27. The van der Waals surface area contributed by atoms with Gasteiger partial charge in [0.1, 0.15) is 5.73 Å². The Labute approximate surface area is 129 Å². The number of ether oxygens (including phenoxy) is 2. The van der Waals surface area contributed by atoms with Crippen LogP contribution < -0.4 is 0 Å². The number of carbonyl (C=O) groups is 2. The van der Waals surface area contributed by atoms with Crippen LogP contribution in [-0.4, -0.2) is 40.9 Å². The lowest BCUT2D eigenvalue weighted by molar-refractivity contribution is -0.142. The van der Waals surface area contributed by atoms with E-state index < -0.39 is 28.6 Å². The van der Waals surface area contributed by atoms with Gasteiger partial charge in [-0.1, -0.05) is 6.92 Å². The fourth-order valence-electron chi connectivity index (χ4n) is 2.08. The summed E-state index contributed by atoms with van der Waals surface area (Å²) in [5, 5.41) is 0. The fourth-order valence-corrected chi connectivity index (χ4v) is 10.3. The summed E-state index contributed by atoms with van der Waals surface area (Å²) in [6, 6.07) is 0. The zero-order valence-corrected chi connectivity index (χ0v) is 16.2. The number of hydrogen-bond donors (Lipinski definition) is 0. The smallest absolute Gasteiger partial charge is 0.331 e. The summed E-state index contributed by atoms with van der Waals surface area (Å²) in [7, 11) is -3.83. The van der Waals surface area contributed by atoms with Gasteiger partial charge in [0.2, 0.25) is 8.32 Å². The van der Waals surface area contributed by atoms with Crippen LogP contribution in [0.25, 0.3) is 0 Å². The van der Waals surface area contributed by atoms with Gasteiger partial charge in [-0.15, -0.1) is 0 Å². The van der Waals surface area contributed by atoms with Crippen molar-refractivity contribution >= 4 is 28.6 Å². The molecule has 0 aromatic heterocycles. The SMILES string of the molecule is CCOC(=O)C=CC(=O)OC(CC)[Si](C)(C)O[Si](C)(C)C. The normalized spacial score (nSPS) is 14.0. The summed E-state index contributed by atoms with van der Waals surface area (Å²) in [5.74, 6) is -1.08. The van der Waals surface area contributed by atoms with E-state index in [9.17, 15) is 9.59 Å². The summed E-state index contributed by atoms with van der Waals surface area (Å²) in [4.78, 5) is 23.0. The quantitative estimate of drug-likeness (QED) is 0.388. The van der Waals surface area contributed by atoms with Crippen molar-refractivity contribution < 1.29 is 23.2 Å². The van der Waals surface area contributed by atoms with Crippen molar-refractivity contribution in [3.05, 3.63) is 12.2 Å². The van der Waals surface area contributed by atoms with Crippen molar-refractivity contribution in [1.82, 2.24) is 0 Å².